The molecule has 0 bridgehead atoms. The third-order valence-electron chi connectivity index (χ3n) is 14.4. The van der Waals surface area contributed by atoms with Gasteiger partial charge in [0.05, 0.1) is 16.5 Å². The Hall–Kier alpha value is -7.10. The van der Waals surface area contributed by atoms with E-state index in [9.17, 15) is 28.0 Å². The van der Waals surface area contributed by atoms with Gasteiger partial charge in [-0.25, -0.2) is 38.2 Å². The maximum atomic E-state index is 14.5. The van der Waals surface area contributed by atoms with Crippen molar-refractivity contribution in [2.45, 2.75) is 110 Å². The number of likely N-dealkylation sites (tertiary alicyclic amines) is 2. The standard InChI is InChI=1S/C45H57F2N13O4.C5H7NO2.C3H6/c1-44(2,3)60-42-35(40(49)52-25-53-42)36(54-60)37-34(39(64-55-37)27-6-7-27)41-50-20-28(21-51-41)30-10-13-59(24-45(30,4)5)43(62)63-23-33(61)57-11-8-26(9-12-57)22-56-14-16-58(17-15-56)38-31(46)18-29(48)19-32(38)47;7-4-2-1-3-5(8)6-4;1-3-2/h18-21,25-27,30H,6-17,22-24,48H2,1-5H3,(H2,49,52,53);1-3H2,(H,6,7,8);3H,1H2,2H3. The number of ether oxygens (including phenoxy) is 1. The predicted molar refractivity (Wildman–Crippen MR) is 279 cm³/mol. The summed E-state index contributed by atoms with van der Waals surface area (Å²) in [4.78, 5) is 73.3. The number of hydrogen-bond donors (Lipinski definition) is 3. The Morgan fingerprint density at radius 2 is 1.52 bits per heavy atom. The van der Waals surface area contributed by atoms with Crippen molar-refractivity contribution in [3.8, 4) is 22.8 Å². The van der Waals surface area contributed by atoms with Crippen molar-refractivity contribution in [1.82, 2.24) is 54.9 Å². The van der Waals surface area contributed by atoms with Gasteiger partial charge in [-0.2, -0.15) is 5.10 Å². The number of piperidine rings is 3. The Kier molecular flexibility index (Phi) is 16.5. The lowest BCUT2D eigenvalue weighted by Crippen LogP contribution is -2.50. The van der Waals surface area contributed by atoms with Gasteiger partial charge in [-0.05, 0) is 101 Å². The topological polar surface area (TPSA) is 250 Å². The van der Waals surface area contributed by atoms with Crippen molar-refractivity contribution >= 4 is 52.0 Å². The predicted octanol–water partition coefficient (Wildman–Crippen LogP) is 7.03. The third kappa shape index (κ3) is 12.5. The molecule has 1 unspecified atom stereocenters. The number of nitrogens with two attached hydrogens (primary N) is 2. The van der Waals surface area contributed by atoms with E-state index < -0.39 is 23.3 Å². The first kappa shape index (κ1) is 54.2. The van der Waals surface area contributed by atoms with Gasteiger partial charge < -0.3 is 35.4 Å². The minimum absolute atomic E-state index is 0.0208. The summed E-state index contributed by atoms with van der Waals surface area (Å²) in [6.07, 6.45) is 12.4. The van der Waals surface area contributed by atoms with Crippen molar-refractivity contribution in [1.29, 1.82) is 0 Å². The number of halogens is 2. The van der Waals surface area contributed by atoms with Gasteiger partial charge in [-0.3, -0.25) is 24.6 Å². The Labute approximate surface area is 435 Å². The Morgan fingerprint density at radius 1 is 0.893 bits per heavy atom. The molecular weight excluding hydrogens is 967 g/mol. The van der Waals surface area contributed by atoms with Gasteiger partial charge in [-0.15, -0.1) is 6.58 Å². The fourth-order valence-corrected chi connectivity index (χ4v) is 10.5. The first-order valence-electron chi connectivity index (χ1n) is 25.9. The number of nitrogens with zero attached hydrogens (tertiary/aromatic N) is 11. The molecular formula is C53H70F2N14O6. The zero-order valence-corrected chi connectivity index (χ0v) is 43.9. The van der Waals surface area contributed by atoms with Gasteiger partial charge in [0.25, 0.3) is 5.91 Å². The largest absolute Gasteiger partial charge is 0.439 e. The summed E-state index contributed by atoms with van der Waals surface area (Å²) in [5, 5.41) is 12.3. The van der Waals surface area contributed by atoms with Crippen LogP contribution in [0.1, 0.15) is 116 Å². The highest BCUT2D eigenvalue weighted by Gasteiger charge is 2.41. The maximum absolute atomic E-state index is 14.5. The van der Waals surface area contributed by atoms with Gasteiger partial charge in [-0.1, -0.05) is 25.1 Å². The Balaban J connectivity index is 0.000000610. The van der Waals surface area contributed by atoms with E-state index >= 15 is 0 Å². The summed E-state index contributed by atoms with van der Waals surface area (Å²) in [6.45, 7) is 20.6. The number of imide groups is 1. The lowest BCUT2D eigenvalue weighted by atomic mass is 9.71. The van der Waals surface area contributed by atoms with E-state index in [1.165, 1.54) is 6.33 Å². The van der Waals surface area contributed by atoms with Crippen LogP contribution < -0.4 is 21.7 Å². The van der Waals surface area contributed by atoms with Crippen LogP contribution in [-0.4, -0.2) is 139 Å². The van der Waals surface area contributed by atoms with Gasteiger partial charge in [0.1, 0.15) is 29.2 Å². The van der Waals surface area contributed by atoms with E-state index in [4.69, 9.17) is 35.8 Å². The fraction of sp³-hybridized carbons (Fsp3) is 0.547. The summed E-state index contributed by atoms with van der Waals surface area (Å²) in [6, 6.07) is 2.31. The molecule has 5 aliphatic rings. The Bertz CT molecular complexity index is 2840. The quantitative estimate of drug-likeness (QED) is 0.0761. The van der Waals surface area contributed by atoms with Crippen LogP contribution >= 0.6 is 0 Å². The maximum Gasteiger partial charge on any atom is 0.410 e. The number of carbonyl (C=O) groups is 4. The van der Waals surface area contributed by atoms with Crippen LogP contribution in [0.2, 0.25) is 0 Å². The molecule has 5 fully saturated rings. The average molecular weight is 1040 g/mol. The molecule has 4 amide bonds. The normalized spacial score (nSPS) is 19.4. The van der Waals surface area contributed by atoms with E-state index in [-0.39, 0.29) is 53.0 Å². The van der Waals surface area contributed by atoms with E-state index in [2.05, 4.69) is 45.8 Å². The van der Waals surface area contributed by atoms with E-state index in [0.717, 1.165) is 55.7 Å². The van der Waals surface area contributed by atoms with Crippen LogP contribution in [-0.2, 0) is 24.7 Å². The Morgan fingerprint density at radius 3 is 2.09 bits per heavy atom. The molecule has 75 heavy (non-hydrogen) atoms. The molecule has 8 heterocycles. The molecule has 5 aromatic rings. The minimum atomic E-state index is -0.641. The van der Waals surface area contributed by atoms with E-state index in [0.29, 0.717) is 124 Å². The number of amides is 4. The average Bonchev–Trinajstić information content (AvgIpc) is 3.98. The number of fused-ring (bicyclic) bond motifs is 1. The summed E-state index contributed by atoms with van der Waals surface area (Å²) in [5.41, 5.74) is 14.6. The zero-order chi connectivity index (χ0) is 53.8. The smallest absolute Gasteiger partial charge is 0.410 e. The lowest BCUT2D eigenvalue weighted by Gasteiger charge is -2.43. The molecule has 4 saturated heterocycles. The molecule has 1 aliphatic carbocycles. The van der Waals surface area contributed by atoms with Crippen LogP contribution in [0.4, 0.5) is 30.8 Å². The van der Waals surface area contributed by atoms with E-state index in [1.54, 1.807) is 20.8 Å². The number of hydrogen-bond acceptors (Lipinski definition) is 16. The van der Waals surface area contributed by atoms with Crippen LogP contribution in [0.15, 0.2) is 48.0 Å². The number of nitrogens with one attached hydrogen (secondary N) is 1. The van der Waals surface area contributed by atoms with Gasteiger partial charge in [0.15, 0.2) is 35.5 Å². The molecule has 4 aliphatic heterocycles. The number of carbonyl (C=O) groups excluding carboxylic acids is 4. The molecule has 1 saturated carbocycles. The van der Waals surface area contributed by atoms with Crippen LogP contribution in [0, 0.1) is 23.0 Å². The third-order valence-corrected chi connectivity index (χ3v) is 14.4. The lowest BCUT2D eigenvalue weighted by molar-refractivity contribution is -0.136. The summed E-state index contributed by atoms with van der Waals surface area (Å²) in [5.74, 6) is 0.408. The van der Waals surface area contributed by atoms with Crippen LogP contribution in [0.3, 0.4) is 0 Å². The molecule has 1 atom stereocenters. The number of aromatic nitrogens is 7. The molecule has 0 spiro atoms. The van der Waals surface area contributed by atoms with Gasteiger partial charge in [0.2, 0.25) is 11.8 Å². The van der Waals surface area contributed by atoms with Gasteiger partial charge >= 0.3 is 6.09 Å². The highest BCUT2D eigenvalue weighted by molar-refractivity contribution is 6.00. The van der Waals surface area contributed by atoms with Crippen molar-refractivity contribution < 1.29 is 37.2 Å². The number of anilines is 3. The molecule has 22 heteroatoms. The number of rotatable bonds is 9. The van der Waals surface area contributed by atoms with Crippen LogP contribution in [0.5, 0.6) is 0 Å². The van der Waals surface area contributed by atoms with E-state index in [1.807, 2.05) is 44.8 Å². The molecule has 4 aromatic heterocycles. The van der Waals surface area contributed by atoms with Crippen molar-refractivity contribution in [2.75, 3.05) is 81.9 Å². The second kappa shape index (κ2) is 22.8. The zero-order valence-electron chi connectivity index (χ0n) is 43.9. The highest BCUT2D eigenvalue weighted by Crippen LogP contribution is 2.49. The first-order valence-corrected chi connectivity index (χ1v) is 25.9. The molecule has 20 nitrogen and oxygen atoms in total. The van der Waals surface area contributed by atoms with Crippen molar-refractivity contribution in [3.05, 3.63) is 66.5 Å². The number of allylic oxidation sites excluding steroid dienone is 1. The summed E-state index contributed by atoms with van der Waals surface area (Å²) in [7, 11) is 0. The van der Waals surface area contributed by atoms with Crippen molar-refractivity contribution in [3.63, 3.8) is 0 Å². The number of nitrogen functional groups attached to an aromatic ring is 2. The minimum Gasteiger partial charge on any atom is -0.439 e. The monoisotopic (exact) mass is 1040 g/mol. The number of benzene rings is 1. The molecule has 1 aromatic carbocycles. The molecule has 5 N–H and O–H groups in total. The number of piperazine rings is 1. The summed E-state index contributed by atoms with van der Waals surface area (Å²) >= 11 is 0. The van der Waals surface area contributed by atoms with Gasteiger partial charge in [0, 0.05) is 95.7 Å². The second-order valence-corrected chi connectivity index (χ2v) is 21.8. The molecule has 10 rings (SSSR count). The second-order valence-electron chi connectivity index (χ2n) is 21.8. The molecule has 0 radical (unpaired) electrons. The highest BCUT2D eigenvalue weighted by atomic mass is 19.1. The van der Waals surface area contributed by atoms with Crippen LogP contribution in [0.25, 0.3) is 33.8 Å². The first-order chi connectivity index (χ1) is 35.8. The SMILES string of the molecule is C=CC.CC1(C)CN(C(=O)OCC(=O)N2CCC(CN3CCN(c4c(F)cc(N)cc4F)CC3)CC2)CCC1c1cnc(-c2c(-c3nn(C(C)(C)C)c4ncnc(N)c34)noc2C2CC2)nc1.O=C1CCCC(=O)N1. The fourth-order valence-electron chi connectivity index (χ4n) is 10.5. The summed E-state index contributed by atoms with van der Waals surface area (Å²) < 4.78 is 42.4. The van der Waals surface area contributed by atoms with Crippen molar-refractivity contribution in [2.24, 2.45) is 11.3 Å². The molecule has 402 valence electrons.